The third kappa shape index (κ3) is 5.92. The molecule has 9 heteroatoms. The number of hydrogen-bond acceptors (Lipinski definition) is 6. The number of nitrogens with one attached hydrogen (secondary N) is 2. The third-order valence-corrected chi connectivity index (χ3v) is 8.31. The van der Waals surface area contributed by atoms with E-state index in [1.54, 1.807) is 12.3 Å². The molecule has 2 aromatic rings. The summed E-state index contributed by atoms with van der Waals surface area (Å²) >= 11 is 0. The highest BCUT2D eigenvalue weighted by molar-refractivity contribution is 7.93. The minimum Gasteiger partial charge on any atom is -0.386 e. The number of nitrogens with two attached hydrogens (primary N) is 1. The highest BCUT2D eigenvalue weighted by Crippen LogP contribution is 2.36. The van der Waals surface area contributed by atoms with Gasteiger partial charge in [-0.3, -0.25) is 15.2 Å². The lowest BCUT2D eigenvalue weighted by molar-refractivity contribution is -0.105. The number of carbonyl (C=O) groups excluding carboxylic acids is 1. The fourth-order valence-corrected chi connectivity index (χ4v) is 5.03. The number of amides is 1. The van der Waals surface area contributed by atoms with E-state index in [1.165, 1.54) is 13.8 Å². The van der Waals surface area contributed by atoms with E-state index in [9.17, 15) is 13.2 Å². The highest BCUT2D eigenvalue weighted by atomic mass is 32.2. The Hall–Kier alpha value is -3.25. The smallest absolute Gasteiger partial charge is 0.211 e. The molecule has 1 unspecified atom stereocenters. The summed E-state index contributed by atoms with van der Waals surface area (Å²) in [6.07, 6.45) is 4.77. The zero-order chi connectivity index (χ0) is 23.9. The first kappa shape index (κ1) is 25.0. The van der Waals surface area contributed by atoms with E-state index in [4.69, 9.17) is 16.4 Å². The monoisotopic (exact) mass is 455 g/mol. The fourth-order valence-electron chi connectivity index (χ4n) is 3.40. The number of sulfone groups is 1. The van der Waals surface area contributed by atoms with Gasteiger partial charge in [-0.25, -0.2) is 8.42 Å². The van der Waals surface area contributed by atoms with Crippen LogP contribution in [0.5, 0.6) is 0 Å². The lowest BCUT2D eigenvalue weighted by Gasteiger charge is -2.30. The number of rotatable bonds is 6. The first-order valence-corrected chi connectivity index (χ1v) is 11.9. The second-order valence-corrected chi connectivity index (χ2v) is 10.9. The average molecular weight is 456 g/mol. The molecule has 1 heterocycles. The molecular weight excluding hydrogens is 426 g/mol. The molecular formula is C23H29N5O3S. The summed E-state index contributed by atoms with van der Waals surface area (Å²) in [6, 6.07) is 11.2. The van der Waals surface area contributed by atoms with Crippen LogP contribution in [-0.2, 0) is 21.1 Å². The van der Waals surface area contributed by atoms with Crippen molar-refractivity contribution >= 4 is 27.8 Å². The molecule has 0 saturated carbocycles. The quantitative estimate of drug-likeness (QED) is 0.346. The molecule has 3 rings (SSSR count). The molecule has 1 aliphatic carbocycles. The van der Waals surface area contributed by atoms with Gasteiger partial charge in [0.2, 0.25) is 6.41 Å². The Morgan fingerprint density at radius 1 is 1.38 bits per heavy atom. The Balaban J connectivity index is 0.000000336. The Bertz CT molecular complexity index is 1120. The maximum absolute atomic E-state index is 12.7. The van der Waals surface area contributed by atoms with Crippen molar-refractivity contribution in [3.8, 4) is 6.07 Å². The number of aromatic nitrogens is 1. The van der Waals surface area contributed by atoms with Gasteiger partial charge in [0.25, 0.3) is 0 Å². The molecule has 0 saturated heterocycles. The predicted molar refractivity (Wildman–Crippen MR) is 125 cm³/mol. The Labute approximate surface area is 189 Å². The number of nitrogens with zero attached hydrogens (tertiary/aromatic N) is 2. The second-order valence-electron chi connectivity index (χ2n) is 8.27. The van der Waals surface area contributed by atoms with Crippen LogP contribution < -0.4 is 11.1 Å². The third-order valence-electron chi connectivity index (χ3n) is 5.70. The van der Waals surface area contributed by atoms with E-state index >= 15 is 0 Å². The molecule has 0 aliphatic heterocycles. The van der Waals surface area contributed by atoms with Gasteiger partial charge < -0.3 is 11.1 Å². The minimum atomic E-state index is -3.57. The molecule has 0 spiro atoms. The van der Waals surface area contributed by atoms with Gasteiger partial charge in [-0.15, -0.1) is 0 Å². The normalized spacial score (nSPS) is 15.4. The summed E-state index contributed by atoms with van der Waals surface area (Å²) in [4.78, 5) is 14.5. The van der Waals surface area contributed by atoms with Crippen LogP contribution in [0, 0.1) is 23.7 Å². The number of carbonyl (C=O) groups is 1. The van der Waals surface area contributed by atoms with Gasteiger partial charge in [0.1, 0.15) is 16.7 Å². The van der Waals surface area contributed by atoms with Crippen LogP contribution >= 0.6 is 0 Å². The summed E-state index contributed by atoms with van der Waals surface area (Å²) in [5, 5.41) is 18.5. The predicted octanol–water partition coefficient (Wildman–Crippen LogP) is 3.07. The molecule has 1 atom stereocenters. The van der Waals surface area contributed by atoms with Gasteiger partial charge in [-0.1, -0.05) is 6.07 Å². The number of amidine groups is 1. The van der Waals surface area contributed by atoms with E-state index < -0.39 is 14.6 Å². The van der Waals surface area contributed by atoms with Crippen LogP contribution in [0.2, 0.25) is 0 Å². The van der Waals surface area contributed by atoms with Crippen LogP contribution in [0.4, 0.5) is 5.69 Å². The van der Waals surface area contributed by atoms with E-state index in [2.05, 4.69) is 10.3 Å². The first-order chi connectivity index (χ1) is 15.0. The largest absolute Gasteiger partial charge is 0.386 e. The van der Waals surface area contributed by atoms with Crippen molar-refractivity contribution in [2.75, 3.05) is 11.1 Å². The number of aryl methyl sites for hydroxylation is 2. The van der Waals surface area contributed by atoms with E-state index in [-0.39, 0.29) is 17.5 Å². The lowest BCUT2D eigenvalue weighted by atomic mass is 9.83. The molecule has 1 aromatic carbocycles. The van der Waals surface area contributed by atoms with Crippen LogP contribution in [0.3, 0.4) is 0 Å². The Kier molecular flexibility index (Phi) is 8.11. The standard InChI is InChI=1S/C16H23N3O3S.C7H6N2/c1-16(2,15(17)18)23(21,22)9-12-5-3-4-11-6-7-13(19-10-20)8-14(11)12;1-6-2-3-7(4-8)5-9-6/h6-8,10,12H,3-5,9H2,1-2H3,(H3,17,18)(H,19,20);2-3,5H,1H3. The molecule has 32 heavy (non-hydrogen) atoms. The first-order valence-electron chi connectivity index (χ1n) is 10.2. The number of nitriles is 1. The Morgan fingerprint density at radius 2 is 2.09 bits per heavy atom. The Morgan fingerprint density at radius 3 is 2.66 bits per heavy atom. The number of hydrogen-bond donors (Lipinski definition) is 3. The number of fused-ring (bicyclic) bond motifs is 1. The maximum Gasteiger partial charge on any atom is 0.211 e. The number of pyridine rings is 1. The SMILES string of the molecule is CC(C)(C(=N)N)S(=O)(=O)CC1CCCc2ccc(NC=O)cc21.Cc1ccc(C#N)cn1. The number of anilines is 1. The number of benzene rings is 1. The molecule has 1 amide bonds. The van der Waals surface area contributed by atoms with Crippen molar-refractivity contribution in [3.05, 3.63) is 58.9 Å². The van der Waals surface area contributed by atoms with Crippen molar-refractivity contribution in [1.82, 2.24) is 4.98 Å². The summed E-state index contributed by atoms with van der Waals surface area (Å²) in [7, 11) is -3.57. The summed E-state index contributed by atoms with van der Waals surface area (Å²) < 4.78 is 24.0. The molecule has 8 nitrogen and oxygen atoms in total. The molecule has 0 radical (unpaired) electrons. The van der Waals surface area contributed by atoms with Crippen molar-refractivity contribution in [2.45, 2.75) is 50.7 Å². The molecule has 1 aliphatic rings. The van der Waals surface area contributed by atoms with Crippen LogP contribution in [-0.4, -0.2) is 36.1 Å². The molecule has 0 bridgehead atoms. The van der Waals surface area contributed by atoms with Crippen molar-refractivity contribution in [2.24, 2.45) is 5.73 Å². The van der Waals surface area contributed by atoms with Gasteiger partial charge >= 0.3 is 0 Å². The van der Waals surface area contributed by atoms with Crippen molar-refractivity contribution in [3.63, 3.8) is 0 Å². The van der Waals surface area contributed by atoms with E-state index in [1.807, 2.05) is 37.3 Å². The summed E-state index contributed by atoms with van der Waals surface area (Å²) in [5.41, 5.74) is 9.77. The zero-order valence-electron chi connectivity index (χ0n) is 18.6. The molecule has 170 valence electrons. The fraction of sp³-hybridized carbons (Fsp3) is 0.391. The van der Waals surface area contributed by atoms with Crippen LogP contribution in [0.25, 0.3) is 0 Å². The van der Waals surface area contributed by atoms with Gasteiger partial charge in [-0.2, -0.15) is 5.26 Å². The van der Waals surface area contributed by atoms with Gasteiger partial charge in [0.15, 0.2) is 9.84 Å². The van der Waals surface area contributed by atoms with Gasteiger partial charge in [0.05, 0.1) is 11.3 Å². The van der Waals surface area contributed by atoms with E-state index in [0.29, 0.717) is 17.7 Å². The topological polar surface area (TPSA) is 150 Å². The maximum atomic E-state index is 12.7. The second kappa shape index (κ2) is 10.4. The average Bonchev–Trinajstić information content (AvgIpc) is 2.75. The highest BCUT2D eigenvalue weighted by Gasteiger charge is 2.40. The molecule has 1 aromatic heterocycles. The van der Waals surface area contributed by atoms with E-state index in [0.717, 1.165) is 36.1 Å². The zero-order valence-corrected chi connectivity index (χ0v) is 19.4. The summed E-state index contributed by atoms with van der Waals surface area (Å²) in [5.74, 6) is -0.530. The van der Waals surface area contributed by atoms with Crippen molar-refractivity contribution in [1.29, 1.82) is 10.7 Å². The molecule has 4 N–H and O–H groups in total. The lowest BCUT2D eigenvalue weighted by Crippen LogP contribution is -2.46. The van der Waals surface area contributed by atoms with Crippen molar-refractivity contribution < 1.29 is 13.2 Å². The van der Waals surface area contributed by atoms with Gasteiger partial charge in [0, 0.05) is 17.6 Å². The molecule has 0 fully saturated rings. The van der Waals surface area contributed by atoms with Gasteiger partial charge in [-0.05, 0) is 81.3 Å². The van der Waals surface area contributed by atoms with Crippen LogP contribution in [0.1, 0.15) is 55.0 Å². The summed E-state index contributed by atoms with van der Waals surface area (Å²) in [6.45, 7) is 4.83. The van der Waals surface area contributed by atoms with Crippen LogP contribution in [0.15, 0.2) is 36.5 Å². The minimum absolute atomic E-state index is 0.0445.